The van der Waals surface area contributed by atoms with E-state index in [0.29, 0.717) is 32.2 Å². The molecule has 4 aliphatic heterocycles. The third-order valence-electron chi connectivity index (χ3n) is 8.57. The summed E-state index contributed by atoms with van der Waals surface area (Å²) in [4.78, 5) is 1.93. The molecule has 0 aromatic heterocycles. The Kier molecular flexibility index (Phi) is 8.83. The smallest absolute Gasteiger partial charge is 0.406 e. The van der Waals surface area contributed by atoms with Gasteiger partial charge >= 0.3 is 12.5 Å². The number of hydrogen-bond donors (Lipinski definition) is 4. The Bertz CT molecular complexity index is 1150. The van der Waals surface area contributed by atoms with Crippen LogP contribution in [-0.4, -0.2) is 74.4 Å². The molecule has 0 amide bonds. The summed E-state index contributed by atoms with van der Waals surface area (Å²) >= 11 is 0. The van der Waals surface area contributed by atoms with Gasteiger partial charge in [0.1, 0.15) is 18.2 Å². The molecule has 0 radical (unpaired) electrons. The summed E-state index contributed by atoms with van der Waals surface area (Å²) in [5.41, 5.74) is 11.9. The van der Waals surface area contributed by atoms with Crippen molar-refractivity contribution in [2.75, 3.05) is 6.54 Å². The predicted octanol–water partition coefficient (Wildman–Crippen LogP) is 3.13. The van der Waals surface area contributed by atoms with Crippen LogP contribution in [0.4, 0.5) is 26.3 Å². The van der Waals surface area contributed by atoms with Gasteiger partial charge in [0, 0.05) is 18.6 Å². The summed E-state index contributed by atoms with van der Waals surface area (Å²) in [5, 5.41) is 2.25. The van der Waals surface area contributed by atoms with Gasteiger partial charge in [-0.1, -0.05) is 19.3 Å². The van der Waals surface area contributed by atoms with Crippen LogP contribution in [0, 0.1) is 5.92 Å². The number of fused-ring (bicyclic) bond motifs is 7. The molecule has 16 heteroatoms. The Morgan fingerprint density at radius 1 is 0.927 bits per heavy atom. The molecule has 1 aromatic carbocycles. The molecule has 8 atom stereocenters. The fraction of sp³-hybridized carbons (Fsp3) is 0.760. The lowest BCUT2D eigenvalue weighted by molar-refractivity contribution is -0.274. The number of nitrogens with zero attached hydrogens (tertiary/aromatic N) is 1. The number of benzene rings is 1. The zero-order valence-electron chi connectivity index (χ0n) is 22.1. The van der Waals surface area contributed by atoms with E-state index in [1.54, 1.807) is 0 Å². The van der Waals surface area contributed by atoms with Crippen molar-refractivity contribution in [3.63, 3.8) is 0 Å². The first-order valence-corrected chi connectivity index (χ1v) is 15.4. The van der Waals surface area contributed by atoms with E-state index in [1.807, 2.05) is 0 Å². The van der Waals surface area contributed by atoms with Gasteiger partial charge in [0.15, 0.2) is 9.84 Å². The number of ether oxygens (including phenoxy) is 2. The first kappa shape index (κ1) is 30.8. The maximum atomic E-state index is 13.9. The molecule has 4 saturated heterocycles. The first-order valence-electron chi connectivity index (χ1n) is 13.8. The zero-order chi connectivity index (χ0) is 29.6. The molecule has 1 aromatic rings. The second-order valence-electron chi connectivity index (χ2n) is 11.2. The van der Waals surface area contributed by atoms with Gasteiger partial charge < -0.3 is 15.2 Å². The molecule has 5 N–H and O–H groups in total. The Morgan fingerprint density at radius 2 is 1.59 bits per heavy atom. The van der Waals surface area contributed by atoms with E-state index in [2.05, 4.69) is 25.8 Å². The molecule has 5 rings (SSSR count). The molecule has 0 saturated carbocycles. The number of hydrazine groups is 1. The minimum atomic E-state index is -4.92. The second kappa shape index (κ2) is 11.8. The quantitative estimate of drug-likeness (QED) is 0.381. The summed E-state index contributed by atoms with van der Waals surface area (Å²) in [6, 6.07) is 2.53. The van der Waals surface area contributed by atoms with Gasteiger partial charge in [-0.25, -0.2) is 19.3 Å². The second-order valence-corrected chi connectivity index (χ2v) is 13.4. The van der Waals surface area contributed by atoms with Crippen molar-refractivity contribution in [3.05, 3.63) is 24.3 Å². The number of alkyl halides is 6. The fourth-order valence-corrected chi connectivity index (χ4v) is 8.51. The van der Waals surface area contributed by atoms with Crippen LogP contribution in [0.3, 0.4) is 0 Å². The predicted molar refractivity (Wildman–Crippen MR) is 135 cm³/mol. The molecule has 4 heterocycles. The van der Waals surface area contributed by atoms with Crippen molar-refractivity contribution < 1.29 is 44.2 Å². The van der Waals surface area contributed by atoms with E-state index in [1.165, 1.54) is 0 Å². The highest BCUT2D eigenvalue weighted by Crippen LogP contribution is 2.38. The minimum Gasteiger partial charge on any atom is -0.406 e. The summed E-state index contributed by atoms with van der Waals surface area (Å²) in [6.07, 6.45) is -8.51. The molecule has 4 bridgehead atoms. The van der Waals surface area contributed by atoms with Crippen LogP contribution >= 0.6 is 0 Å². The van der Waals surface area contributed by atoms with Crippen molar-refractivity contribution in [3.8, 4) is 5.75 Å². The zero-order valence-corrected chi connectivity index (χ0v) is 22.9. The van der Waals surface area contributed by atoms with Gasteiger partial charge in [-0.05, 0) is 56.4 Å². The van der Waals surface area contributed by atoms with Crippen molar-refractivity contribution in [1.29, 1.82) is 0 Å². The fourth-order valence-electron chi connectivity index (χ4n) is 6.60. The number of piperidine rings is 1. The number of hydrogen-bond acceptors (Lipinski definition) is 9. The Morgan fingerprint density at radius 3 is 2.27 bits per heavy atom. The van der Waals surface area contributed by atoms with Gasteiger partial charge in [-0.3, -0.25) is 10.2 Å². The van der Waals surface area contributed by atoms with Crippen LogP contribution in [-0.2, 0) is 14.6 Å². The number of halogens is 6. The average Bonchev–Trinajstić information content (AvgIpc) is 3.54. The third-order valence-corrected chi connectivity index (χ3v) is 10.7. The van der Waals surface area contributed by atoms with E-state index >= 15 is 0 Å². The van der Waals surface area contributed by atoms with E-state index < -0.39 is 70.0 Å². The van der Waals surface area contributed by atoms with E-state index in [-0.39, 0.29) is 23.8 Å². The van der Waals surface area contributed by atoms with Crippen LogP contribution < -0.4 is 26.6 Å². The monoisotopic (exact) mass is 615 g/mol. The van der Waals surface area contributed by atoms with Crippen molar-refractivity contribution >= 4 is 9.84 Å². The van der Waals surface area contributed by atoms with E-state index in [4.69, 9.17) is 10.5 Å². The number of rotatable bonds is 3. The summed E-state index contributed by atoms with van der Waals surface area (Å²) in [5.74, 6) is -2.27. The molecule has 0 spiro atoms. The van der Waals surface area contributed by atoms with Gasteiger partial charge in [-0.2, -0.15) is 13.2 Å². The highest BCUT2D eigenvalue weighted by atomic mass is 32.2. The Labute approximate surface area is 234 Å². The largest absolute Gasteiger partial charge is 0.573 e. The van der Waals surface area contributed by atoms with Crippen LogP contribution in [0.2, 0.25) is 0 Å². The van der Waals surface area contributed by atoms with Gasteiger partial charge in [0.25, 0.3) is 0 Å². The molecule has 4 aliphatic rings. The van der Waals surface area contributed by atoms with Crippen LogP contribution in [0.25, 0.3) is 0 Å². The van der Waals surface area contributed by atoms with Crippen LogP contribution in [0.1, 0.15) is 51.4 Å². The lowest BCUT2D eigenvalue weighted by Gasteiger charge is -2.47. The molecule has 41 heavy (non-hydrogen) atoms. The summed E-state index contributed by atoms with van der Waals surface area (Å²) in [6.45, 7) is 0.616. The molecule has 4 fully saturated rings. The molecule has 232 valence electrons. The highest BCUT2D eigenvalue weighted by Gasteiger charge is 2.53. The number of sulfone groups is 1. The Balaban J connectivity index is 1.44. The number of nitrogens with two attached hydrogens (primary N) is 1. The van der Waals surface area contributed by atoms with Gasteiger partial charge in [-0.15, -0.1) is 13.2 Å². The highest BCUT2D eigenvalue weighted by molar-refractivity contribution is 7.92. The molecule has 7 unspecified atom stereocenters. The summed E-state index contributed by atoms with van der Waals surface area (Å²) < 4.78 is 117. The lowest BCUT2D eigenvalue weighted by Crippen LogP contribution is -2.71. The average molecular weight is 616 g/mol. The SMILES string of the molecule is NC1CC(S(=O)(=O)c2ccc(OC(F)(F)F)cc2)C2NC1C1NNC(O1)C(C(F)(F)F)CCCCC[C@@H]1CCCN21. The van der Waals surface area contributed by atoms with E-state index in [9.17, 15) is 34.8 Å². The van der Waals surface area contributed by atoms with Crippen molar-refractivity contribution in [2.24, 2.45) is 11.7 Å². The topological polar surface area (TPSA) is 118 Å². The van der Waals surface area contributed by atoms with Crippen LogP contribution in [0.15, 0.2) is 29.2 Å². The molecule has 9 nitrogen and oxygen atoms in total. The van der Waals surface area contributed by atoms with E-state index in [0.717, 1.165) is 37.1 Å². The third kappa shape index (κ3) is 6.78. The first-order chi connectivity index (χ1) is 19.2. The van der Waals surface area contributed by atoms with Crippen molar-refractivity contribution in [1.82, 2.24) is 21.1 Å². The van der Waals surface area contributed by atoms with Crippen LogP contribution in [0.5, 0.6) is 5.75 Å². The van der Waals surface area contributed by atoms with Gasteiger partial charge in [0.2, 0.25) is 0 Å². The molecular formula is C25H35F6N5O4S. The molecular weight excluding hydrogens is 580 g/mol. The standard InChI is InChI=1S/C25H35F6N5O4S/c26-24(27,28)17-7-3-1-2-5-14-6-4-12-36(14)21-19(13-18(32)20(33-21)23-35-34-22(17)39-23)41(37,38)16-10-8-15(9-11-16)40-25(29,30)31/h8-11,14,17-23,33-35H,1-7,12-13,32H2/t14-,17?,18?,19?,20?,21?,22?,23?/m1/s1. The molecule has 0 aliphatic carbocycles. The minimum absolute atomic E-state index is 0.0208. The van der Waals surface area contributed by atoms with Crippen molar-refractivity contribution in [2.45, 2.75) is 111 Å². The number of nitrogens with one attached hydrogen (secondary N) is 3. The maximum Gasteiger partial charge on any atom is 0.573 e. The maximum absolute atomic E-state index is 13.9. The Hall–Kier alpha value is -1.69. The lowest BCUT2D eigenvalue weighted by atomic mass is 9.93. The normalized spacial score (nSPS) is 36.0. The van der Waals surface area contributed by atoms with Gasteiger partial charge in [0.05, 0.1) is 28.3 Å². The summed E-state index contributed by atoms with van der Waals surface area (Å²) in [7, 11) is -4.11.